The van der Waals surface area contributed by atoms with E-state index in [0.29, 0.717) is 59.5 Å². The molecule has 3 aromatic heterocycles. The Kier molecular flexibility index (Phi) is 8.08. The van der Waals surface area contributed by atoms with Crippen LogP contribution in [-0.2, 0) is 13.1 Å². The number of anilines is 2. The van der Waals surface area contributed by atoms with Gasteiger partial charge in [0.1, 0.15) is 34.8 Å². The van der Waals surface area contributed by atoms with Crippen molar-refractivity contribution < 1.29 is 28.1 Å². The van der Waals surface area contributed by atoms with Crippen LogP contribution in [-0.4, -0.2) is 80.7 Å². The van der Waals surface area contributed by atoms with Crippen molar-refractivity contribution in [1.82, 2.24) is 29.4 Å². The summed E-state index contributed by atoms with van der Waals surface area (Å²) in [5, 5.41) is 23.1. The SMILES string of the molecule is COc1ccc(CNc2nc3c(OC)cc(F)cc3c3nc([C@@H]4C[C@@H](F)CN(c5cnn(CC(C)(C)O)c5)C4)nn23)c(OC)c1. The zero-order chi connectivity index (χ0) is 31.9. The molecule has 12 nitrogen and oxygen atoms in total. The number of aliphatic hydroxyl groups is 1. The number of aromatic nitrogens is 6. The van der Waals surface area contributed by atoms with Crippen LogP contribution in [0.1, 0.15) is 37.6 Å². The third-order valence-corrected chi connectivity index (χ3v) is 7.77. The minimum absolute atomic E-state index is 0.196. The highest BCUT2D eigenvalue weighted by molar-refractivity contribution is 5.96. The smallest absolute Gasteiger partial charge is 0.226 e. The van der Waals surface area contributed by atoms with E-state index in [1.54, 1.807) is 51.2 Å². The molecule has 0 spiro atoms. The van der Waals surface area contributed by atoms with Gasteiger partial charge in [0.2, 0.25) is 5.95 Å². The Balaban J connectivity index is 1.37. The topological polar surface area (TPSA) is 124 Å². The van der Waals surface area contributed by atoms with E-state index in [9.17, 15) is 9.50 Å². The number of halogens is 2. The molecule has 14 heteroatoms. The molecule has 5 aromatic rings. The molecule has 1 fully saturated rings. The maximum absolute atomic E-state index is 15.2. The van der Waals surface area contributed by atoms with Gasteiger partial charge >= 0.3 is 0 Å². The normalized spacial score (nSPS) is 17.2. The molecule has 1 saturated heterocycles. The van der Waals surface area contributed by atoms with Crippen LogP contribution in [0.25, 0.3) is 16.6 Å². The number of rotatable bonds is 10. The quantitative estimate of drug-likeness (QED) is 0.232. The molecule has 4 heterocycles. The van der Waals surface area contributed by atoms with Gasteiger partial charge in [-0.25, -0.2) is 18.7 Å². The number of hydrogen-bond acceptors (Lipinski definition) is 10. The zero-order valence-corrected chi connectivity index (χ0v) is 25.8. The van der Waals surface area contributed by atoms with Gasteiger partial charge in [-0.05, 0) is 38.5 Å². The number of methoxy groups -OCH3 is 3. The van der Waals surface area contributed by atoms with Gasteiger partial charge < -0.3 is 29.5 Å². The van der Waals surface area contributed by atoms with Crippen molar-refractivity contribution in [2.24, 2.45) is 0 Å². The Morgan fingerprint density at radius 2 is 1.84 bits per heavy atom. The molecule has 0 bridgehead atoms. The third kappa shape index (κ3) is 6.27. The molecule has 6 rings (SSSR count). The Hall–Kier alpha value is -4.72. The van der Waals surface area contributed by atoms with Crippen molar-refractivity contribution in [3.8, 4) is 17.2 Å². The Labute approximate surface area is 258 Å². The van der Waals surface area contributed by atoms with Crippen molar-refractivity contribution in [3.05, 3.63) is 59.9 Å². The molecule has 0 saturated carbocycles. The molecule has 0 radical (unpaired) electrons. The number of ether oxygens (including phenoxy) is 3. The van der Waals surface area contributed by atoms with Crippen molar-refractivity contribution >= 4 is 28.2 Å². The van der Waals surface area contributed by atoms with E-state index in [1.165, 1.54) is 23.8 Å². The van der Waals surface area contributed by atoms with Crippen LogP contribution in [0, 0.1) is 5.82 Å². The second kappa shape index (κ2) is 12.0. The second-order valence-corrected chi connectivity index (χ2v) is 11.8. The van der Waals surface area contributed by atoms with E-state index in [2.05, 4.69) is 10.4 Å². The van der Waals surface area contributed by atoms with Crippen molar-refractivity contribution in [2.75, 3.05) is 44.6 Å². The number of nitrogens with zero attached hydrogens (tertiary/aromatic N) is 7. The number of benzene rings is 2. The van der Waals surface area contributed by atoms with Gasteiger partial charge in [0.25, 0.3) is 0 Å². The highest BCUT2D eigenvalue weighted by atomic mass is 19.1. The van der Waals surface area contributed by atoms with E-state index in [4.69, 9.17) is 29.3 Å². The maximum Gasteiger partial charge on any atom is 0.226 e. The van der Waals surface area contributed by atoms with E-state index in [0.717, 1.165) is 11.3 Å². The molecule has 0 amide bonds. The molecule has 2 atom stereocenters. The third-order valence-electron chi connectivity index (χ3n) is 7.77. The molecule has 2 aromatic carbocycles. The average molecular weight is 623 g/mol. The number of fused-ring (bicyclic) bond motifs is 3. The molecular weight excluding hydrogens is 586 g/mol. The van der Waals surface area contributed by atoms with Gasteiger partial charge in [-0.1, -0.05) is 0 Å². The second-order valence-electron chi connectivity index (χ2n) is 11.8. The van der Waals surface area contributed by atoms with Crippen molar-refractivity contribution in [3.63, 3.8) is 0 Å². The Morgan fingerprint density at radius 3 is 2.58 bits per heavy atom. The molecular formula is C31H36F2N8O4. The fourth-order valence-corrected chi connectivity index (χ4v) is 5.71. The predicted octanol–water partition coefficient (Wildman–Crippen LogP) is 4.35. The fourth-order valence-electron chi connectivity index (χ4n) is 5.71. The van der Waals surface area contributed by atoms with Gasteiger partial charge in [0.05, 0.1) is 50.7 Å². The number of alkyl halides is 1. The Morgan fingerprint density at radius 1 is 1.04 bits per heavy atom. The molecule has 2 N–H and O–H groups in total. The fraction of sp³-hybridized carbons (Fsp3) is 0.419. The summed E-state index contributed by atoms with van der Waals surface area (Å²) in [6.07, 6.45) is 2.55. The summed E-state index contributed by atoms with van der Waals surface area (Å²) in [6.45, 7) is 4.67. The summed E-state index contributed by atoms with van der Waals surface area (Å²) in [5.41, 5.74) is 1.41. The molecule has 1 aliphatic heterocycles. The summed E-state index contributed by atoms with van der Waals surface area (Å²) in [7, 11) is 4.62. The van der Waals surface area contributed by atoms with Gasteiger partial charge in [-0.3, -0.25) is 4.68 Å². The summed E-state index contributed by atoms with van der Waals surface area (Å²) < 4.78 is 49.4. The molecule has 238 valence electrons. The number of hydrogen-bond donors (Lipinski definition) is 2. The van der Waals surface area contributed by atoms with Crippen molar-refractivity contribution in [2.45, 2.75) is 51.0 Å². The monoisotopic (exact) mass is 622 g/mol. The summed E-state index contributed by atoms with van der Waals surface area (Å²) in [6, 6.07) is 8.12. The number of piperidine rings is 1. The van der Waals surface area contributed by atoms with E-state index < -0.39 is 17.6 Å². The van der Waals surface area contributed by atoms with E-state index in [1.807, 2.05) is 17.0 Å². The first-order valence-corrected chi connectivity index (χ1v) is 14.6. The minimum atomic E-state index is -1.14. The van der Waals surface area contributed by atoms with Crippen LogP contribution in [0.3, 0.4) is 0 Å². The molecule has 1 aliphatic rings. The van der Waals surface area contributed by atoms with Crippen LogP contribution in [0.4, 0.5) is 20.4 Å². The molecule has 0 aliphatic carbocycles. The lowest BCUT2D eigenvalue weighted by Crippen LogP contribution is -2.41. The van der Waals surface area contributed by atoms with E-state index in [-0.39, 0.29) is 24.6 Å². The van der Waals surface area contributed by atoms with Crippen LogP contribution >= 0.6 is 0 Å². The highest BCUT2D eigenvalue weighted by Gasteiger charge is 2.32. The van der Waals surface area contributed by atoms with E-state index >= 15 is 4.39 Å². The van der Waals surface area contributed by atoms with Gasteiger partial charge in [0.15, 0.2) is 11.5 Å². The molecule has 45 heavy (non-hydrogen) atoms. The first kappa shape index (κ1) is 30.3. The lowest BCUT2D eigenvalue weighted by Gasteiger charge is -2.34. The lowest BCUT2D eigenvalue weighted by molar-refractivity contribution is 0.0577. The number of nitrogens with one attached hydrogen (secondary N) is 1. The van der Waals surface area contributed by atoms with Gasteiger partial charge in [-0.2, -0.15) is 9.61 Å². The summed E-state index contributed by atoms with van der Waals surface area (Å²) in [5.74, 6) is 1.41. The summed E-state index contributed by atoms with van der Waals surface area (Å²) >= 11 is 0. The first-order chi connectivity index (χ1) is 21.5. The van der Waals surface area contributed by atoms with Crippen LogP contribution < -0.4 is 24.4 Å². The van der Waals surface area contributed by atoms with Gasteiger partial charge in [0, 0.05) is 49.4 Å². The first-order valence-electron chi connectivity index (χ1n) is 14.6. The van der Waals surface area contributed by atoms with Crippen LogP contribution in [0.15, 0.2) is 42.7 Å². The Bertz CT molecular complexity index is 1840. The van der Waals surface area contributed by atoms with Crippen LogP contribution in [0.2, 0.25) is 0 Å². The van der Waals surface area contributed by atoms with Gasteiger partial charge in [-0.15, -0.1) is 5.10 Å². The highest BCUT2D eigenvalue weighted by Crippen LogP contribution is 2.34. The lowest BCUT2D eigenvalue weighted by atomic mass is 9.96. The summed E-state index contributed by atoms with van der Waals surface area (Å²) in [4.78, 5) is 11.5. The van der Waals surface area contributed by atoms with Crippen LogP contribution in [0.5, 0.6) is 17.2 Å². The molecule has 0 unspecified atom stereocenters. The minimum Gasteiger partial charge on any atom is -0.497 e. The standard InChI is InChI=1S/C31H36F2N8O4/c1-31(2,42)17-40-16-22(13-35-40)39-14-19(8-21(33)15-39)28-37-29-24-9-20(32)10-26(45-5)27(24)36-30(41(29)38-28)34-12-18-6-7-23(43-3)11-25(18)44-4/h6-7,9-11,13,16,19,21,42H,8,12,14-15,17H2,1-5H3,(H,34,36)/t19-,21-/m1/s1. The zero-order valence-electron chi connectivity index (χ0n) is 25.8. The average Bonchev–Trinajstić information content (AvgIpc) is 3.66. The largest absolute Gasteiger partial charge is 0.497 e. The van der Waals surface area contributed by atoms with Crippen molar-refractivity contribution in [1.29, 1.82) is 0 Å². The predicted molar refractivity (Wildman–Crippen MR) is 165 cm³/mol. The maximum atomic E-state index is 15.2.